The van der Waals surface area contributed by atoms with Crippen molar-refractivity contribution in [3.8, 4) is 11.8 Å². The Bertz CT molecular complexity index is 1100. The molecule has 10 heteroatoms. The van der Waals surface area contributed by atoms with Gasteiger partial charge >= 0.3 is 5.51 Å². The Morgan fingerprint density at radius 2 is 1.85 bits per heavy atom. The van der Waals surface area contributed by atoms with Gasteiger partial charge in [-0.3, -0.25) is 9.69 Å². The molecule has 0 aliphatic carbocycles. The Morgan fingerprint density at radius 3 is 2.42 bits per heavy atom. The predicted octanol–water partition coefficient (Wildman–Crippen LogP) is 5.66. The van der Waals surface area contributed by atoms with Gasteiger partial charge in [0.1, 0.15) is 11.3 Å². The van der Waals surface area contributed by atoms with Gasteiger partial charge in [-0.1, -0.05) is 0 Å². The fourth-order valence-corrected chi connectivity index (χ4v) is 4.55. The number of halogens is 3. The zero-order valence-corrected chi connectivity index (χ0v) is 19.9. The molecule has 0 spiro atoms. The van der Waals surface area contributed by atoms with Crippen molar-refractivity contribution < 1.29 is 22.7 Å². The molecule has 3 rings (SSSR count). The van der Waals surface area contributed by atoms with E-state index in [1.807, 2.05) is 4.90 Å². The fraction of sp³-hybridized carbons (Fsp3) is 0.348. The third-order valence-corrected chi connectivity index (χ3v) is 6.41. The van der Waals surface area contributed by atoms with E-state index in [9.17, 15) is 18.0 Å². The van der Waals surface area contributed by atoms with Crippen LogP contribution in [-0.4, -0.2) is 40.1 Å². The number of thiocarbonyl (C=S) groups is 1. The summed E-state index contributed by atoms with van der Waals surface area (Å²) < 4.78 is 42.9. The third kappa shape index (κ3) is 5.60. The summed E-state index contributed by atoms with van der Waals surface area (Å²) in [6.45, 7) is 6.18. The Hall–Kier alpha value is -2.77. The second-order valence-electron chi connectivity index (χ2n) is 7.97. The molecule has 0 N–H and O–H groups in total. The number of nitrogens with zero attached hydrogens (tertiary/aromatic N) is 3. The highest BCUT2D eigenvalue weighted by molar-refractivity contribution is 8.00. The number of alkyl halides is 3. The zero-order chi connectivity index (χ0) is 24.4. The average Bonchev–Trinajstić information content (AvgIpc) is 2.90. The lowest BCUT2D eigenvalue weighted by atomic mass is 10.0. The largest absolute Gasteiger partial charge is 0.494 e. The van der Waals surface area contributed by atoms with Crippen LogP contribution in [0.2, 0.25) is 0 Å². The van der Waals surface area contributed by atoms with Gasteiger partial charge in [0.2, 0.25) is 0 Å². The summed E-state index contributed by atoms with van der Waals surface area (Å²) >= 11 is 5.43. The van der Waals surface area contributed by atoms with Gasteiger partial charge in [0, 0.05) is 11.4 Å². The molecule has 5 nitrogen and oxygen atoms in total. The number of hydrogen-bond donors (Lipinski definition) is 0. The van der Waals surface area contributed by atoms with Gasteiger partial charge in [-0.05, 0) is 99.2 Å². The van der Waals surface area contributed by atoms with Crippen molar-refractivity contribution in [2.24, 2.45) is 0 Å². The number of benzene rings is 2. The Labute approximate surface area is 200 Å². The summed E-state index contributed by atoms with van der Waals surface area (Å²) in [6.07, 6.45) is 0.552. The molecule has 1 fully saturated rings. The van der Waals surface area contributed by atoms with Gasteiger partial charge < -0.3 is 9.64 Å². The second kappa shape index (κ2) is 9.61. The Balaban J connectivity index is 1.61. The van der Waals surface area contributed by atoms with Crippen LogP contribution in [0.5, 0.6) is 5.75 Å². The van der Waals surface area contributed by atoms with Crippen molar-refractivity contribution in [3.05, 3.63) is 53.6 Å². The van der Waals surface area contributed by atoms with Crippen LogP contribution in [0.15, 0.2) is 47.4 Å². The van der Waals surface area contributed by atoms with E-state index in [4.69, 9.17) is 22.2 Å². The van der Waals surface area contributed by atoms with Crippen LogP contribution in [0.4, 0.5) is 18.9 Å². The maximum absolute atomic E-state index is 13.1. The van der Waals surface area contributed by atoms with Gasteiger partial charge in [0.15, 0.2) is 5.11 Å². The SMILES string of the molecule is Cc1cc(N2C(=O)C(C)(C)N(CCCOc3ccc(SC(F)(F)F)cc3)C2=S)ccc1C#N. The van der Waals surface area contributed by atoms with Crippen molar-refractivity contribution >= 4 is 40.7 Å². The lowest BCUT2D eigenvalue weighted by Crippen LogP contribution is -2.44. The number of carbonyl (C=O) groups excluding carboxylic acids is 1. The number of anilines is 1. The van der Waals surface area contributed by atoms with Crippen molar-refractivity contribution in [3.63, 3.8) is 0 Å². The van der Waals surface area contributed by atoms with Crippen LogP contribution in [-0.2, 0) is 4.79 Å². The summed E-state index contributed by atoms with van der Waals surface area (Å²) in [5.41, 5.74) is -3.27. The number of nitriles is 1. The van der Waals surface area contributed by atoms with Gasteiger partial charge in [0.25, 0.3) is 5.91 Å². The van der Waals surface area contributed by atoms with E-state index < -0.39 is 11.0 Å². The van der Waals surface area contributed by atoms with Crippen molar-refractivity contribution in [2.75, 3.05) is 18.1 Å². The molecule has 1 aliphatic heterocycles. The molecule has 2 aromatic carbocycles. The number of carbonyl (C=O) groups is 1. The van der Waals surface area contributed by atoms with Gasteiger partial charge in [-0.2, -0.15) is 18.4 Å². The van der Waals surface area contributed by atoms with Gasteiger partial charge in [-0.25, -0.2) is 0 Å². The molecule has 0 bridgehead atoms. The monoisotopic (exact) mass is 493 g/mol. The summed E-state index contributed by atoms with van der Waals surface area (Å²) in [6, 6.07) is 13.0. The lowest BCUT2D eigenvalue weighted by molar-refractivity contribution is -0.123. The quantitative estimate of drug-likeness (QED) is 0.282. The molecule has 1 heterocycles. The number of ether oxygens (including phenoxy) is 1. The van der Waals surface area contributed by atoms with Crippen LogP contribution in [0, 0.1) is 18.3 Å². The van der Waals surface area contributed by atoms with E-state index in [0.29, 0.717) is 41.7 Å². The van der Waals surface area contributed by atoms with E-state index in [2.05, 4.69) is 6.07 Å². The maximum Gasteiger partial charge on any atom is 0.446 e. The third-order valence-electron chi connectivity index (χ3n) is 5.26. The van der Waals surface area contributed by atoms with Gasteiger partial charge in [-0.15, -0.1) is 0 Å². The average molecular weight is 494 g/mol. The molecule has 1 aliphatic rings. The standard InChI is InChI=1S/C23H22F3N3O2S2/c1-15-13-17(6-5-16(15)14-27)29-20(30)22(2,3)28(21(29)32)11-4-12-31-18-7-9-19(10-8-18)33-23(24,25)26/h5-10,13H,4,11-12H2,1-3H3. The second-order valence-corrected chi connectivity index (χ2v) is 9.47. The lowest BCUT2D eigenvalue weighted by Gasteiger charge is -2.29. The summed E-state index contributed by atoms with van der Waals surface area (Å²) in [5.74, 6) is 0.311. The molecule has 0 atom stereocenters. The van der Waals surface area contributed by atoms with Crippen molar-refractivity contribution in [2.45, 2.75) is 43.1 Å². The van der Waals surface area contributed by atoms with E-state index >= 15 is 0 Å². The van der Waals surface area contributed by atoms with Crippen molar-refractivity contribution in [1.82, 2.24) is 4.90 Å². The van der Waals surface area contributed by atoms with Crippen LogP contribution in [0.25, 0.3) is 0 Å². The van der Waals surface area contributed by atoms with E-state index in [-0.39, 0.29) is 22.6 Å². The molecule has 0 radical (unpaired) electrons. The maximum atomic E-state index is 13.1. The molecule has 33 heavy (non-hydrogen) atoms. The first kappa shape index (κ1) is 24.9. The van der Waals surface area contributed by atoms with E-state index in [1.54, 1.807) is 39.0 Å². The zero-order valence-electron chi connectivity index (χ0n) is 18.3. The van der Waals surface area contributed by atoms with Crippen LogP contribution < -0.4 is 9.64 Å². The first-order valence-corrected chi connectivity index (χ1v) is 11.3. The minimum atomic E-state index is -4.33. The normalized spacial score (nSPS) is 15.7. The highest BCUT2D eigenvalue weighted by atomic mass is 32.2. The Kier molecular flexibility index (Phi) is 7.24. The number of aryl methyl sites for hydroxylation is 1. The molecule has 0 aromatic heterocycles. The van der Waals surface area contributed by atoms with Crippen LogP contribution in [0.1, 0.15) is 31.4 Å². The molecule has 174 valence electrons. The highest BCUT2D eigenvalue weighted by Gasteiger charge is 2.49. The van der Waals surface area contributed by atoms with Crippen LogP contribution in [0.3, 0.4) is 0 Å². The Morgan fingerprint density at radius 1 is 1.18 bits per heavy atom. The van der Waals surface area contributed by atoms with Gasteiger partial charge in [0.05, 0.1) is 23.9 Å². The number of hydrogen-bond acceptors (Lipinski definition) is 5. The minimum Gasteiger partial charge on any atom is -0.494 e. The molecule has 0 unspecified atom stereocenters. The molecule has 1 saturated heterocycles. The van der Waals surface area contributed by atoms with E-state index in [0.717, 1.165) is 5.56 Å². The summed E-state index contributed by atoms with van der Waals surface area (Å²) in [5, 5.41) is 9.52. The number of amides is 1. The summed E-state index contributed by atoms with van der Waals surface area (Å²) in [7, 11) is 0. The highest BCUT2D eigenvalue weighted by Crippen LogP contribution is 2.37. The topological polar surface area (TPSA) is 56.6 Å². The first-order chi connectivity index (χ1) is 15.4. The molecular weight excluding hydrogens is 471 g/mol. The molecular formula is C23H22F3N3O2S2. The predicted molar refractivity (Wildman–Crippen MR) is 125 cm³/mol. The molecule has 1 amide bonds. The first-order valence-electron chi connectivity index (χ1n) is 10.1. The summed E-state index contributed by atoms with van der Waals surface area (Å²) in [4.78, 5) is 16.5. The molecule has 2 aromatic rings. The number of rotatable bonds is 7. The number of thioether (sulfide) groups is 1. The minimum absolute atomic E-state index is 0.0932. The van der Waals surface area contributed by atoms with Crippen LogP contribution >= 0.6 is 24.0 Å². The fourth-order valence-electron chi connectivity index (χ4n) is 3.50. The van der Waals surface area contributed by atoms with E-state index in [1.165, 1.54) is 29.2 Å². The van der Waals surface area contributed by atoms with Crippen molar-refractivity contribution in [1.29, 1.82) is 5.26 Å². The smallest absolute Gasteiger partial charge is 0.446 e. The molecule has 0 saturated carbocycles.